The topological polar surface area (TPSA) is 26.8 Å². The number of rotatable bonds is 2. The molecule has 0 saturated carbocycles. The van der Waals surface area contributed by atoms with Gasteiger partial charge in [-0.05, 0) is 27.3 Å². The summed E-state index contributed by atoms with van der Waals surface area (Å²) in [6, 6.07) is 0.910. The van der Waals surface area contributed by atoms with Gasteiger partial charge < -0.3 is 9.80 Å². The van der Waals surface area contributed by atoms with Crippen LogP contribution in [-0.4, -0.2) is 66.0 Å². The van der Waals surface area contributed by atoms with Crippen molar-refractivity contribution in [3.05, 3.63) is 0 Å². The highest BCUT2D eigenvalue weighted by molar-refractivity contribution is 5.74. The van der Waals surface area contributed by atoms with Gasteiger partial charge in [0.1, 0.15) is 0 Å². The predicted octanol–water partition coefficient (Wildman–Crippen LogP) is 1.47. The number of carbonyl (C=O) groups excluding carboxylic acids is 1. The molecule has 0 N–H and O–H groups in total. The molecule has 0 bridgehead atoms. The van der Waals surface area contributed by atoms with Crippen LogP contribution < -0.4 is 0 Å². The third-order valence-electron chi connectivity index (χ3n) is 3.52. The summed E-state index contributed by atoms with van der Waals surface area (Å²) in [6.07, 6.45) is 0. The van der Waals surface area contributed by atoms with E-state index in [0.29, 0.717) is 6.04 Å². The first-order chi connectivity index (χ1) is 7.47. The number of hydrogen-bond acceptors (Lipinski definition) is 2. The second-order valence-corrected chi connectivity index (χ2v) is 4.91. The summed E-state index contributed by atoms with van der Waals surface area (Å²) in [5, 5.41) is 0. The smallest absolute Gasteiger partial charge is 0.320 e. The lowest BCUT2D eigenvalue weighted by Crippen LogP contribution is -2.56. The minimum Gasteiger partial charge on any atom is -0.325 e. The molecule has 16 heavy (non-hydrogen) atoms. The van der Waals surface area contributed by atoms with E-state index in [1.807, 2.05) is 30.7 Å². The van der Waals surface area contributed by atoms with Gasteiger partial charge in [0.15, 0.2) is 0 Å². The molecule has 0 aliphatic carbocycles. The Bertz CT molecular complexity index is 242. The number of hydrogen-bond donors (Lipinski definition) is 0. The molecular weight excluding hydrogens is 202 g/mol. The predicted molar refractivity (Wildman–Crippen MR) is 66.6 cm³/mol. The van der Waals surface area contributed by atoms with Crippen LogP contribution in [0.5, 0.6) is 0 Å². The van der Waals surface area contributed by atoms with Crippen molar-refractivity contribution in [1.82, 2.24) is 14.7 Å². The number of nitrogens with zero attached hydrogens (tertiary/aromatic N) is 3. The zero-order valence-electron chi connectivity index (χ0n) is 11.2. The number of urea groups is 1. The number of likely N-dealkylation sites (N-methyl/N-ethyl adjacent to an activating group) is 1. The van der Waals surface area contributed by atoms with Crippen molar-refractivity contribution in [2.24, 2.45) is 0 Å². The zero-order chi connectivity index (χ0) is 12.3. The summed E-state index contributed by atoms with van der Waals surface area (Å²) >= 11 is 0. The van der Waals surface area contributed by atoms with Gasteiger partial charge in [-0.1, -0.05) is 6.92 Å². The molecule has 1 atom stereocenters. The molecule has 1 saturated heterocycles. The largest absolute Gasteiger partial charge is 0.325 e. The highest BCUT2D eigenvalue weighted by atomic mass is 16.2. The van der Waals surface area contributed by atoms with E-state index < -0.39 is 0 Å². The quantitative estimate of drug-likeness (QED) is 0.714. The van der Waals surface area contributed by atoms with Gasteiger partial charge in [0.05, 0.1) is 0 Å². The highest BCUT2D eigenvalue weighted by Crippen LogP contribution is 2.11. The van der Waals surface area contributed by atoms with E-state index in [2.05, 4.69) is 18.7 Å². The van der Waals surface area contributed by atoms with E-state index in [9.17, 15) is 4.79 Å². The molecule has 0 aromatic carbocycles. The van der Waals surface area contributed by atoms with Crippen molar-refractivity contribution in [2.75, 3.05) is 33.2 Å². The summed E-state index contributed by atoms with van der Waals surface area (Å²) in [5.74, 6) is 0. The average Bonchev–Trinajstić information content (AvgIpc) is 2.26. The second-order valence-electron chi connectivity index (χ2n) is 4.91. The van der Waals surface area contributed by atoms with E-state index in [1.165, 1.54) is 0 Å². The van der Waals surface area contributed by atoms with Gasteiger partial charge in [0, 0.05) is 38.8 Å². The Hall–Kier alpha value is -0.770. The van der Waals surface area contributed by atoms with Gasteiger partial charge in [0.2, 0.25) is 0 Å². The van der Waals surface area contributed by atoms with E-state index in [-0.39, 0.29) is 12.1 Å². The molecule has 1 fully saturated rings. The molecule has 1 aliphatic rings. The number of carbonyl (C=O) groups is 1. The first-order valence-corrected chi connectivity index (χ1v) is 6.23. The lowest BCUT2D eigenvalue weighted by Gasteiger charge is -2.41. The van der Waals surface area contributed by atoms with Crippen LogP contribution in [0.4, 0.5) is 4.79 Å². The Morgan fingerprint density at radius 3 is 2.50 bits per heavy atom. The van der Waals surface area contributed by atoms with Crippen LogP contribution in [0.1, 0.15) is 27.7 Å². The third-order valence-corrected chi connectivity index (χ3v) is 3.52. The minimum absolute atomic E-state index is 0.164. The summed E-state index contributed by atoms with van der Waals surface area (Å²) in [4.78, 5) is 18.3. The van der Waals surface area contributed by atoms with Gasteiger partial charge >= 0.3 is 6.03 Å². The maximum Gasteiger partial charge on any atom is 0.320 e. The van der Waals surface area contributed by atoms with Crippen molar-refractivity contribution in [2.45, 2.75) is 39.8 Å². The Labute approximate surface area is 99.2 Å². The molecule has 1 rings (SSSR count). The summed E-state index contributed by atoms with van der Waals surface area (Å²) in [6.45, 7) is 12.2. The lowest BCUT2D eigenvalue weighted by molar-refractivity contribution is 0.0842. The van der Waals surface area contributed by atoms with E-state index >= 15 is 0 Å². The van der Waals surface area contributed by atoms with Gasteiger partial charge in [-0.15, -0.1) is 0 Å². The fraction of sp³-hybridized carbons (Fsp3) is 0.917. The molecule has 1 aliphatic heterocycles. The first kappa shape index (κ1) is 13.3. The highest BCUT2D eigenvalue weighted by Gasteiger charge is 2.27. The fourth-order valence-electron chi connectivity index (χ4n) is 2.08. The van der Waals surface area contributed by atoms with Crippen LogP contribution in [0, 0.1) is 0 Å². The minimum atomic E-state index is 0.164. The van der Waals surface area contributed by atoms with Gasteiger partial charge in [-0.3, -0.25) is 4.90 Å². The molecule has 0 spiro atoms. The van der Waals surface area contributed by atoms with Crippen LogP contribution in [0.25, 0.3) is 0 Å². The summed E-state index contributed by atoms with van der Waals surface area (Å²) in [5.41, 5.74) is 0. The van der Waals surface area contributed by atoms with E-state index in [1.54, 1.807) is 0 Å². The standard InChI is InChI=1S/C12H25N3O/c1-6-14-7-8-15(9-11(14)4)12(16)13(5)10(2)3/h10-11H,6-9H2,1-5H3. The molecule has 4 heteroatoms. The van der Waals surface area contributed by atoms with Crippen molar-refractivity contribution in [3.63, 3.8) is 0 Å². The fourth-order valence-corrected chi connectivity index (χ4v) is 2.08. The first-order valence-electron chi connectivity index (χ1n) is 6.23. The van der Waals surface area contributed by atoms with Crippen molar-refractivity contribution in [3.8, 4) is 0 Å². The van der Waals surface area contributed by atoms with Crippen LogP contribution in [0.2, 0.25) is 0 Å². The Kier molecular flexibility index (Phi) is 4.59. The zero-order valence-corrected chi connectivity index (χ0v) is 11.2. The van der Waals surface area contributed by atoms with Crippen molar-refractivity contribution >= 4 is 6.03 Å². The maximum atomic E-state index is 12.1. The second kappa shape index (κ2) is 5.53. The van der Waals surface area contributed by atoms with E-state index in [0.717, 1.165) is 26.2 Å². The Balaban J connectivity index is 2.54. The van der Waals surface area contributed by atoms with Crippen LogP contribution in [0.15, 0.2) is 0 Å². The SMILES string of the molecule is CCN1CCN(C(=O)N(C)C(C)C)CC1C. The average molecular weight is 227 g/mol. The molecule has 94 valence electrons. The van der Waals surface area contributed by atoms with Crippen LogP contribution >= 0.6 is 0 Å². The third kappa shape index (κ3) is 2.88. The molecule has 4 nitrogen and oxygen atoms in total. The van der Waals surface area contributed by atoms with Gasteiger partial charge in [-0.2, -0.15) is 0 Å². The van der Waals surface area contributed by atoms with Crippen molar-refractivity contribution in [1.29, 1.82) is 0 Å². The van der Waals surface area contributed by atoms with Gasteiger partial charge in [0.25, 0.3) is 0 Å². The molecule has 2 amide bonds. The molecule has 0 radical (unpaired) electrons. The summed E-state index contributed by atoms with van der Waals surface area (Å²) < 4.78 is 0. The van der Waals surface area contributed by atoms with E-state index in [4.69, 9.17) is 0 Å². The number of piperazine rings is 1. The lowest BCUT2D eigenvalue weighted by atomic mass is 10.2. The Morgan fingerprint density at radius 1 is 1.44 bits per heavy atom. The Morgan fingerprint density at radius 2 is 2.06 bits per heavy atom. The summed E-state index contributed by atoms with van der Waals surface area (Å²) in [7, 11) is 1.88. The molecule has 1 unspecified atom stereocenters. The molecule has 1 heterocycles. The van der Waals surface area contributed by atoms with Crippen LogP contribution in [0.3, 0.4) is 0 Å². The molecule has 0 aromatic rings. The molecular formula is C12H25N3O. The number of amides is 2. The normalized spacial score (nSPS) is 22.6. The van der Waals surface area contributed by atoms with Crippen LogP contribution in [-0.2, 0) is 0 Å². The van der Waals surface area contributed by atoms with Crippen molar-refractivity contribution < 1.29 is 4.79 Å². The maximum absolute atomic E-state index is 12.1. The molecule has 0 aromatic heterocycles. The van der Waals surface area contributed by atoms with Gasteiger partial charge in [-0.25, -0.2) is 4.79 Å². The monoisotopic (exact) mass is 227 g/mol.